The molecular formula is C11H13F5O3. The van der Waals surface area contributed by atoms with Crippen molar-refractivity contribution in [2.24, 2.45) is 0 Å². The van der Waals surface area contributed by atoms with Gasteiger partial charge in [-0.3, -0.25) is 0 Å². The topological polar surface area (TPSA) is 35.5 Å². The summed E-state index contributed by atoms with van der Waals surface area (Å²) in [4.78, 5) is 11.2. The molecule has 0 aromatic carbocycles. The lowest BCUT2D eigenvalue weighted by atomic mass is 9.81. The minimum atomic E-state index is -5.78. The van der Waals surface area contributed by atoms with E-state index in [1.54, 1.807) is 0 Å². The lowest BCUT2D eigenvalue weighted by molar-refractivity contribution is -0.404. The Balaban J connectivity index is 3.00. The lowest BCUT2D eigenvalue weighted by Gasteiger charge is -2.51. The van der Waals surface area contributed by atoms with E-state index in [1.807, 2.05) is 0 Å². The number of carbonyl (C=O) groups is 1. The summed E-state index contributed by atoms with van der Waals surface area (Å²) in [6.45, 7) is 5.10. The molecule has 0 bridgehead atoms. The number of halogens is 5. The highest BCUT2D eigenvalue weighted by Crippen LogP contribution is 2.53. The molecule has 0 spiro atoms. The molecule has 1 rings (SSSR count). The van der Waals surface area contributed by atoms with Crippen LogP contribution >= 0.6 is 0 Å². The average molecular weight is 288 g/mol. The quantitative estimate of drug-likeness (QED) is 0.453. The summed E-state index contributed by atoms with van der Waals surface area (Å²) in [5, 5.41) is 0. The number of hydrogen-bond donors (Lipinski definition) is 0. The molecule has 1 aliphatic rings. The monoisotopic (exact) mass is 288 g/mol. The fraction of sp³-hybridized carbons (Fsp3) is 0.727. The van der Waals surface area contributed by atoms with E-state index in [2.05, 4.69) is 16.1 Å². The first-order valence-corrected chi connectivity index (χ1v) is 5.44. The molecule has 8 heteroatoms. The molecule has 0 N–H and O–H groups in total. The third-order valence-corrected chi connectivity index (χ3v) is 3.02. The van der Waals surface area contributed by atoms with Crippen LogP contribution in [-0.4, -0.2) is 36.4 Å². The zero-order chi connectivity index (χ0) is 15.1. The predicted octanol–water partition coefficient (Wildman–Crippen LogP) is 2.85. The van der Waals surface area contributed by atoms with E-state index in [4.69, 9.17) is 0 Å². The van der Waals surface area contributed by atoms with Crippen molar-refractivity contribution in [3.8, 4) is 0 Å². The van der Waals surface area contributed by atoms with Crippen molar-refractivity contribution in [1.82, 2.24) is 0 Å². The maximum absolute atomic E-state index is 13.5. The van der Waals surface area contributed by atoms with Crippen LogP contribution in [-0.2, 0) is 14.3 Å². The van der Waals surface area contributed by atoms with E-state index < -0.39 is 42.8 Å². The summed E-state index contributed by atoms with van der Waals surface area (Å²) in [6.07, 6.45) is -8.08. The first kappa shape index (κ1) is 15.9. The van der Waals surface area contributed by atoms with E-state index in [-0.39, 0.29) is 5.57 Å². The zero-order valence-corrected chi connectivity index (χ0v) is 10.3. The minimum absolute atomic E-state index is 0.0905. The van der Waals surface area contributed by atoms with Gasteiger partial charge in [0.2, 0.25) is 0 Å². The van der Waals surface area contributed by atoms with Crippen molar-refractivity contribution >= 4 is 5.97 Å². The number of alkyl halides is 5. The summed E-state index contributed by atoms with van der Waals surface area (Å²) >= 11 is 0. The summed E-state index contributed by atoms with van der Waals surface area (Å²) in [7, 11) is 0. The Morgan fingerprint density at radius 3 is 2.21 bits per heavy atom. The molecule has 0 aromatic rings. The number of hydrogen-bond acceptors (Lipinski definition) is 3. The lowest BCUT2D eigenvalue weighted by Crippen LogP contribution is -2.72. The summed E-state index contributed by atoms with van der Waals surface area (Å²) in [6, 6.07) is 0. The molecule has 3 nitrogen and oxygen atoms in total. The van der Waals surface area contributed by atoms with Gasteiger partial charge in [-0.2, -0.15) is 22.0 Å². The molecule has 110 valence electrons. The van der Waals surface area contributed by atoms with Crippen molar-refractivity contribution in [2.45, 2.75) is 44.1 Å². The predicted molar refractivity (Wildman–Crippen MR) is 54.7 cm³/mol. The van der Waals surface area contributed by atoms with Gasteiger partial charge in [-0.25, -0.2) is 4.79 Å². The van der Waals surface area contributed by atoms with Gasteiger partial charge in [-0.15, -0.1) is 0 Å². The van der Waals surface area contributed by atoms with Gasteiger partial charge in [0.25, 0.3) is 0 Å². The van der Waals surface area contributed by atoms with Gasteiger partial charge in [0, 0.05) is 5.57 Å². The minimum Gasteiger partial charge on any atom is -0.453 e. The zero-order valence-electron chi connectivity index (χ0n) is 10.3. The van der Waals surface area contributed by atoms with Crippen LogP contribution < -0.4 is 0 Å². The maximum atomic E-state index is 13.5. The number of ether oxygens (including phenoxy) is 2. The highest BCUT2D eigenvalue weighted by Gasteiger charge is 2.77. The molecule has 0 aromatic heterocycles. The van der Waals surface area contributed by atoms with Crippen molar-refractivity contribution in [3.63, 3.8) is 0 Å². The molecule has 1 fully saturated rings. The molecule has 1 aliphatic heterocycles. The summed E-state index contributed by atoms with van der Waals surface area (Å²) in [5.74, 6) is -6.13. The standard InChI is InChI=1S/C11H13F5O3/c1-4-9(10(12,13)11(14,15)16)7(5-18-9)19-8(17)6(2)3/h7H,2,4-5H2,1,3H3. The molecule has 2 unspecified atom stereocenters. The van der Waals surface area contributed by atoms with Crippen LogP contribution in [0.4, 0.5) is 22.0 Å². The van der Waals surface area contributed by atoms with E-state index in [1.165, 1.54) is 6.92 Å². The fourth-order valence-electron chi connectivity index (χ4n) is 1.80. The van der Waals surface area contributed by atoms with Crippen molar-refractivity contribution < 1.29 is 36.2 Å². The number of rotatable bonds is 4. The second kappa shape index (κ2) is 4.73. The number of esters is 1. The van der Waals surface area contributed by atoms with Gasteiger partial charge in [-0.05, 0) is 13.3 Å². The molecule has 1 saturated heterocycles. The summed E-state index contributed by atoms with van der Waals surface area (Å²) in [5.41, 5.74) is -2.96. The van der Waals surface area contributed by atoms with Crippen LogP contribution in [0.15, 0.2) is 12.2 Å². The van der Waals surface area contributed by atoms with E-state index >= 15 is 0 Å². The highest BCUT2D eigenvalue weighted by atomic mass is 19.4. The smallest absolute Gasteiger partial charge is 0.453 e. The molecule has 0 aliphatic carbocycles. The van der Waals surface area contributed by atoms with Crippen LogP contribution in [0, 0.1) is 0 Å². The second-order valence-corrected chi connectivity index (χ2v) is 4.30. The van der Waals surface area contributed by atoms with Gasteiger partial charge in [0.15, 0.2) is 11.7 Å². The third kappa shape index (κ3) is 2.33. The Kier molecular flexibility index (Phi) is 3.96. The Morgan fingerprint density at radius 2 is 1.95 bits per heavy atom. The van der Waals surface area contributed by atoms with Gasteiger partial charge in [0.1, 0.15) is 0 Å². The van der Waals surface area contributed by atoms with Gasteiger partial charge >= 0.3 is 18.1 Å². The molecule has 0 amide bonds. The number of carbonyl (C=O) groups excluding carboxylic acids is 1. The first-order chi connectivity index (χ1) is 8.49. The molecule has 19 heavy (non-hydrogen) atoms. The molecular weight excluding hydrogens is 275 g/mol. The normalized spacial score (nSPS) is 27.6. The van der Waals surface area contributed by atoms with Crippen LogP contribution in [0.3, 0.4) is 0 Å². The third-order valence-electron chi connectivity index (χ3n) is 3.02. The van der Waals surface area contributed by atoms with Crippen molar-refractivity contribution in [2.75, 3.05) is 6.61 Å². The van der Waals surface area contributed by atoms with E-state index in [0.29, 0.717) is 0 Å². The van der Waals surface area contributed by atoms with Gasteiger partial charge < -0.3 is 9.47 Å². The van der Waals surface area contributed by atoms with E-state index in [0.717, 1.165) is 6.92 Å². The Bertz CT molecular complexity index is 386. The van der Waals surface area contributed by atoms with E-state index in [9.17, 15) is 26.7 Å². The summed E-state index contributed by atoms with van der Waals surface area (Å²) < 4.78 is 73.3. The molecule has 1 heterocycles. The van der Waals surface area contributed by atoms with Gasteiger partial charge in [0.05, 0.1) is 6.61 Å². The van der Waals surface area contributed by atoms with Crippen molar-refractivity contribution in [3.05, 3.63) is 12.2 Å². The molecule has 2 atom stereocenters. The van der Waals surface area contributed by atoms with Crippen LogP contribution in [0.2, 0.25) is 0 Å². The molecule has 0 radical (unpaired) electrons. The second-order valence-electron chi connectivity index (χ2n) is 4.30. The Labute approximate surface area is 106 Å². The van der Waals surface area contributed by atoms with Gasteiger partial charge in [-0.1, -0.05) is 13.5 Å². The maximum Gasteiger partial charge on any atom is 0.456 e. The Morgan fingerprint density at radius 1 is 1.42 bits per heavy atom. The largest absolute Gasteiger partial charge is 0.456 e. The first-order valence-electron chi connectivity index (χ1n) is 5.44. The average Bonchev–Trinajstić information content (AvgIpc) is 2.23. The van der Waals surface area contributed by atoms with Crippen molar-refractivity contribution in [1.29, 1.82) is 0 Å². The van der Waals surface area contributed by atoms with Crippen LogP contribution in [0.5, 0.6) is 0 Å². The fourth-order valence-corrected chi connectivity index (χ4v) is 1.80. The van der Waals surface area contributed by atoms with Crippen LogP contribution in [0.1, 0.15) is 20.3 Å². The Hall–Kier alpha value is -1.18. The highest BCUT2D eigenvalue weighted by molar-refractivity contribution is 5.87. The molecule has 0 saturated carbocycles. The SMILES string of the molecule is C=C(C)C(=O)OC1COC1(CC)C(F)(F)C(F)(F)F. The van der Waals surface area contributed by atoms with Crippen LogP contribution in [0.25, 0.3) is 0 Å².